The largest absolute Gasteiger partial charge is 0.311 e. The van der Waals surface area contributed by atoms with E-state index in [-0.39, 0.29) is 0 Å². The molecule has 2 fully saturated rings. The summed E-state index contributed by atoms with van der Waals surface area (Å²) < 4.78 is 0. The van der Waals surface area contributed by atoms with Crippen LogP contribution in [0, 0.1) is 5.92 Å². The third-order valence-electron chi connectivity index (χ3n) is 2.65. The Morgan fingerprint density at radius 1 is 1.11 bits per heavy atom. The predicted octanol–water partition coefficient (Wildman–Crippen LogP) is 1.54. The average molecular weight is 125 g/mol. The van der Waals surface area contributed by atoms with E-state index in [0.717, 1.165) is 18.0 Å². The Bertz CT molecular complexity index is 107. The lowest BCUT2D eigenvalue weighted by molar-refractivity contribution is 0.228. The zero-order valence-corrected chi connectivity index (χ0v) is 6.06. The van der Waals surface area contributed by atoms with E-state index < -0.39 is 0 Å². The lowest BCUT2D eigenvalue weighted by Crippen LogP contribution is -2.43. The highest BCUT2D eigenvalue weighted by atomic mass is 15.0. The Balaban J connectivity index is 1.72. The highest BCUT2D eigenvalue weighted by Crippen LogP contribution is 2.30. The Morgan fingerprint density at radius 3 is 2.22 bits per heavy atom. The van der Waals surface area contributed by atoms with Crippen molar-refractivity contribution in [3.05, 3.63) is 0 Å². The predicted molar refractivity (Wildman–Crippen MR) is 38.3 cm³/mol. The summed E-state index contributed by atoms with van der Waals surface area (Å²) in [5, 5.41) is 3.64. The summed E-state index contributed by atoms with van der Waals surface area (Å²) in [4.78, 5) is 0. The van der Waals surface area contributed by atoms with Crippen molar-refractivity contribution in [3.8, 4) is 0 Å². The maximum absolute atomic E-state index is 3.64. The van der Waals surface area contributed by atoms with Crippen molar-refractivity contribution in [1.82, 2.24) is 5.32 Å². The fourth-order valence-electron chi connectivity index (χ4n) is 1.47. The van der Waals surface area contributed by atoms with Gasteiger partial charge >= 0.3 is 0 Å². The third-order valence-corrected chi connectivity index (χ3v) is 2.65. The van der Waals surface area contributed by atoms with Crippen molar-refractivity contribution in [2.24, 2.45) is 5.92 Å². The molecule has 9 heavy (non-hydrogen) atoms. The van der Waals surface area contributed by atoms with Crippen LogP contribution in [-0.4, -0.2) is 12.1 Å². The van der Waals surface area contributed by atoms with E-state index in [1.807, 2.05) is 0 Å². The summed E-state index contributed by atoms with van der Waals surface area (Å²) in [5.41, 5.74) is 0. The lowest BCUT2D eigenvalue weighted by atomic mass is 9.81. The smallest absolute Gasteiger partial charge is 0.00954 e. The summed E-state index contributed by atoms with van der Waals surface area (Å²) in [6.07, 6.45) is 5.74. The molecule has 2 rings (SSSR count). The van der Waals surface area contributed by atoms with E-state index in [1.165, 1.54) is 25.7 Å². The van der Waals surface area contributed by atoms with Gasteiger partial charge in [-0.2, -0.15) is 0 Å². The molecule has 0 aliphatic heterocycles. The molecule has 0 heterocycles. The van der Waals surface area contributed by atoms with Crippen LogP contribution in [0.4, 0.5) is 0 Å². The van der Waals surface area contributed by atoms with E-state index in [2.05, 4.69) is 12.2 Å². The minimum absolute atomic E-state index is 0.887. The van der Waals surface area contributed by atoms with Gasteiger partial charge in [-0.05, 0) is 31.6 Å². The molecule has 1 heteroatoms. The lowest BCUT2D eigenvalue weighted by Gasteiger charge is -2.34. The molecule has 52 valence electrons. The molecular formula is C8H15N. The normalized spacial score (nSPS) is 42.3. The van der Waals surface area contributed by atoms with Gasteiger partial charge in [0.25, 0.3) is 0 Å². The van der Waals surface area contributed by atoms with Crippen LogP contribution >= 0.6 is 0 Å². The minimum atomic E-state index is 0.887. The van der Waals surface area contributed by atoms with Crippen molar-refractivity contribution < 1.29 is 0 Å². The molecule has 1 nitrogen and oxygen atoms in total. The van der Waals surface area contributed by atoms with Gasteiger partial charge in [0.15, 0.2) is 0 Å². The maximum atomic E-state index is 3.64. The molecular weight excluding hydrogens is 110 g/mol. The first-order valence-corrected chi connectivity index (χ1v) is 4.12. The first-order chi connectivity index (χ1) is 4.36. The molecule has 0 bridgehead atoms. The zero-order valence-electron chi connectivity index (χ0n) is 6.06. The quantitative estimate of drug-likeness (QED) is 0.590. The molecule has 0 radical (unpaired) electrons. The molecule has 0 aromatic heterocycles. The van der Waals surface area contributed by atoms with Crippen LogP contribution < -0.4 is 5.32 Å². The highest BCUT2D eigenvalue weighted by Gasteiger charge is 2.32. The van der Waals surface area contributed by atoms with Crippen LogP contribution in [0.1, 0.15) is 32.6 Å². The number of nitrogens with one attached hydrogen (secondary N) is 1. The van der Waals surface area contributed by atoms with Crippen molar-refractivity contribution >= 4 is 0 Å². The van der Waals surface area contributed by atoms with Gasteiger partial charge in [0, 0.05) is 12.1 Å². The fraction of sp³-hybridized carbons (Fsp3) is 1.00. The van der Waals surface area contributed by atoms with Gasteiger partial charge in [-0.1, -0.05) is 6.92 Å². The second-order valence-electron chi connectivity index (χ2n) is 3.60. The van der Waals surface area contributed by atoms with E-state index in [4.69, 9.17) is 0 Å². The topological polar surface area (TPSA) is 12.0 Å². The SMILES string of the molecule is CC1CCC1NC1CC1. The minimum Gasteiger partial charge on any atom is -0.311 e. The van der Waals surface area contributed by atoms with E-state index in [0.29, 0.717) is 0 Å². The van der Waals surface area contributed by atoms with Crippen molar-refractivity contribution in [3.63, 3.8) is 0 Å². The number of rotatable bonds is 2. The van der Waals surface area contributed by atoms with Gasteiger partial charge in [-0.25, -0.2) is 0 Å². The Hall–Kier alpha value is -0.0400. The van der Waals surface area contributed by atoms with Gasteiger partial charge in [0.05, 0.1) is 0 Å². The molecule has 1 N–H and O–H groups in total. The first kappa shape index (κ1) is 5.72. The summed E-state index contributed by atoms with van der Waals surface area (Å²) in [7, 11) is 0. The van der Waals surface area contributed by atoms with Crippen LogP contribution in [0.15, 0.2) is 0 Å². The molecule has 2 unspecified atom stereocenters. The van der Waals surface area contributed by atoms with Crippen molar-refractivity contribution in [1.29, 1.82) is 0 Å². The van der Waals surface area contributed by atoms with Gasteiger partial charge < -0.3 is 5.32 Å². The monoisotopic (exact) mass is 125 g/mol. The Labute approximate surface area is 56.8 Å². The van der Waals surface area contributed by atoms with Gasteiger partial charge in [0.1, 0.15) is 0 Å². The molecule has 2 atom stereocenters. The molecule has 0 spiro atoms. The third kappa shape index (κ3) is 1.11. The van der Waals surface area contributed by atoms with Crippen LogP contribution in [0.5, 0.6) is 0 Å². The first-order valence-electron chi connectivity index (χ1n) is 4.12. The van der Waals surface area contributed by atoms with E-state index in [9.17, 15) is 0 Å². The molecule has 0 amide bonds. The highest BCUT2D eigenvalue weighted by molar-refractivity contribution is 4.91. The summed E-state index contributed by atoms with van der Waals surface area (Å²) in [6.45, 7) is 2.35. The average Bonchev–Trinajstić information content (AvgIpc) is 2.62. The Kier molecular flexibility index (Phi) is 1.26. The van der Waals surface area contributed by atoms with E-state index >= 15 is 0 Å². The Morgan fingerprint density at radius 2 is 1.89 bits per heavy atom. The van der Waals surface area contributed by atoms with Crippen LogP contribution in [0.2, 0.25) is 0 Å². The number of hydrogen-bond donors (Lipinski definition) is 1. The zero-order chi connectivity index (χ0) is 6.27. The summed E-state index contributed by atoms with van der Waals surface area (Å²) in [6, 6.07) is 1.80. The molecule has 0 aromatic carbocycles. The van der Waals surface area contributed by atoms with Crippen molar-refractivity contribution in [2.75, 3.05) is 0 Å². The van der Waals surface area contributed by atoms with Crippen LogP contribution in [0.25, 0.3) is 0 Å². The van der Waals surface area contributed by atoms with E-state index in [1.54, 1.807) is 0 Å². The number of hydrogen-bond acceptors (Lipinski definition) is 1. The van der Waals surface area contributed by atoms with Crippen molar-refractivity contribution in [2.45, 2.75) is 44.7 Å². The fourth-order valence-corrected chi connectivity index (χ4v) is 1.47. The summed E-state index contributed by atoms with van der Waals surface area (Å²) >= 11 is 0. The van der Waals surface area contributed by atoms with Gasteiger partial charge in [0.2, 0.25) is 0 Å². The second-order valence-corrected chi connectivity index (χ2v) is 3.60. The van der Waals surface area contributed by atoms with Gasteiger partial charge in [-0.15, -0.1) is 0 Å². The molecule has 2 aliphatic carbocycles. The molecule has 2 aliphatic rings. The molecule has 2 saturated carbocycles. The molecule has 0 aromatic rings. The molecule has 0 saturated heterocycles. The standard InChI is InChI=1S/C8H15N/c1-6-2-5-8(6)9-7-3-4-7/h6-9H,2-5H2,1H3. The van der Waals surface area contributed by atoms with Crippen LogP contribution in [0.3, 0.4) is 0 Å². The van der Waals surface area contributed by atoms with Gasteiger partial charge in [-0.3, -0.25) is 0 Å². The summed E-state index contributed by atoms with van der Waals surface area (Å²) in [5.74, 6) is 0.964. The second kappa shape index (κ2) is 1.98. The maximum Gasteiger partial charge on any atom is 0.00954 e. The van der Waals surface area contributed by atoms with Crippen LogP contribution in [-0.2, 0) is 0 Å².